The second-order valence-electron chi connectivity index (χ2n) is 4.38. The molecule has 0 radical (unpaired) electrons. The van der Waals surface area contributed by atoms with Crippen molar-refractivity contribution in [1.82, 2.24) is 15.0 Å². The standard InChI is InChI=1S/C9H14N4O5S/c10-2-1-5-8(9(15)16)11-12-13(5)6-3-19(17,18)4-7(6)14/h6-7,14H,1-4,10H2,(H,15,16). The Labute approximate surface area is 108 Å². The third-order valence-corrected chi connectivity index (χ3v) is 4.68. The van der Waals surface area contributed by atoms with Crippen LogP contribution in [0.15, 0.2) is 0 Å². The minimum atomic E-state index is -3.35. The Hall–Kier alpha value is -1.52. The van der Waals surface area contributed by atoms with Crippen LogP contribution in [0, 0.1) is 0 Å². The molecule has 1 saturated heterocycles. The van der Waals surface area contributed by atoms with Gasteiger partial charge in [0, 0.05) is 6.42 Å². The lowest BCUT2D eigenvalue weighted by Crippen LogP contribution is -2.26. The lowest BCUT2D eigenvalue weighted by molar-refractivity contribution is 0.0688. The Morgan fingerprint density at radius 1 is 1.47 bits per heavy atom. The normalized spacial score (nSPS) is 25.6. The van der Waals surface area contributed by atoms with E-state index in [0.29, 0.717) is 0 Å². The fourth-order valence-electron chi connectivity index (χ4n) is 2.16. The Morgan fingerprint density at radius 3 is 2.63 bits per heavy atom. The van der Waals surface area contributed by atoms with Gasteiger partial charge in [0.15, 0.2) is 15.5 Å². The third kappa shape index (κ3) is 2.60. The molecule has 106 valence electrons. The van der Waals surface area contributed by atoms with Crippen LogP contribution in [0.25, 0.3) is 0 Å². The zero-order valence-electron chi connectivity index (χ0n) is 9.93. The number of hydrogen-bond acceptors (Lipinski definition) is 7. The minimum absolute atomic E-state index is 0.170. The SMILES string of the molecule is NCCc1c(C(=O)O)nnn1C1CS(=O)(=O)CC1O. The number of nitrogens with two attached hydrogens (primary N) is 1. The maximum atomic E-state index is 11.5. The van der Waals surface area contributed by atoms with Crippen molar-refractivity contribution in [3.8, 4) is 0 Å². The Bertz CT molecular complexity index is 596. The summed E-state index contributed by atoms with van der Waals surface area (Å²) in [6.07, 6.45) is -0.928. The van der Waals surface area contributed by atoms with E-state index in [4.69, 9.17) is 10.8 Å². The molecule has 1 aliphatic heterocycles. The number of aromatic nitrogens is 3. The van der Waals surface area contributed by atoms with E-state index in [2.05, 4.69) is 10.3 Å². The predicted octanol–water partition coefficient (Wildman–Crippen LogP) is -2.19. The van der Waals surface area contributed by atoms with Gasteiger partial charge in [-0.1, -0.05) is 5.21 Å². The highest BCUT2D eigenvalue weighted by atomic mass is 32.2. The van der Waals surface area contributed by atoms with Crippen LogP contribution in [0.1, 0.15) is 22.2 Å². The van der Waals surface area contributed by atoms with Crippen LogP contribution < -0.4 is 5.73 Å². The van der Waals surface area contributed by atoms with Crippen LogP contribution in [-0.2, 0) is 16.3 Å². The second-order valence-corrected chi connectivity index (χ2v) is 6.54. The maximum Gasteiger partial charge on any atom is 0.358 e. The van der Waals surface area contributed by atoms with E-state index in [-0.39, 0.29) is 35.9 Å². The first-order valence-corrected chi connectivity index (χ1v) is 7.44. The highest BCUT2D eigenvalue weighted by Gasteiger charge is 2.40. The monoisotopic (exact) mass is 290 g/mol. The second kappa shape index (κ2) is 4.87. The van der Waals surface area contributed by atoms with E-state index in [0.717, 1.165) is 0 Å². The molecule has 2 unspecified atom stereocenters. The summed E-state index contributed by atoms with van der Waals surface area (Å²) in [4.78, 5) is 11.0. The molecule has 1 aliphatic rings. The molecule has 2 heterocycles. The first-order valence-electron chi connectivity index (χ1n) is 5.61. The van der Waals surface area contributed by atoms with Gasteiger partial charge in [-0.05, 0) is 6.54 Å². The summed E-state index contributed by atoms with van der Waals surface area (Å²) in [6.45, 7) is 0.170. The molecule has 1 aromatic heterocycles. The molecular weight excluding hydrogens is 276 g/mol. The molecule has 0 aromatic carbocycles. The average Bonchev–Trinajstić information content (AvgIpc) is 2.80. The summed E-state index contributed by atoms with van der Waals surface area (Å²) in [5.74, 6) is -1.90. The number of sulfone groups is 1. The van der Waals surface area contributed by atoms with Crippen molar-refractivity contribution in [1.29, 1.82) is 0 Å². The number of carbonyl (C=O) groups is 1. The van der Waals surface area contributed by atoms with E-state index in [1.807, 2.05) is 0 Å². The molecule has 0 aliphatic carbocycles. The van der Waals surface area contributed by atoms with Crippen molar-refractivity contribution in [2.45, 2.75) is 18.6 Å². The minimum Gasteiger partial charge on any atom is -0.476 e. The van der Waals surface area contributed by atoms with Crippen molar-refractivity contribution in [3.63, 3.8) is 0 Å². The zero-order valence-corrected chi connectivity index (χ0v) is 10.7. The summed E-state index contributed by atoms with van der Waals surface area (Å²) in [5.41, 5.74) is 5.37. The summed E-state index contributed by atoms with van der Waals surface area (Å²) < 4.78 is 24.1. The summed E-state index contributed by atoms with van der Waals surface area (Å²) in [5, 5.41) is 25.9. The van der Waals surface area contributed by atoms with Gasteiger partial charge in [0.2, 0.25) is 0 Å². The third-order valence-electron chi connectivity index (χ3n) is 2.98. The highest BCUT2D eigenvalue weighted by Crippen LogP contribution is 2.25. The smallest absolute Gasteiger partial charge is 0.358 e. The zero-order chi connectivity index (χ0) is 14.2. The van der Waals surface area contributed by atoms with E-state index >= 15 is 0 Å². The number of carboxylic acid groups (broad SMARTS) is 1. The van der Waals surface area contributed by atoms with Crippen LogP contribution in [-0.4, -0.2) is 63.7 Å². The van der Waals surface area contributed by atoms with Gasteiger partial charge >= 0.3 is 5.97 Å². The number of rotatable bonds is 4. The molecule has 19 heavy (non-hydrogen) atoms. The van der Waals surface area contributed by atoms with E-state index in [1.54, 1.807) is 0 Å². The molecule has 0 amide bonds. The van der Waals surface area contributed by atoms with Gasteiger partial charge in [-0.2, -0.15) is 0 Å². The topological polar surface area (TPSA) is 148 Å². The number of hydrogen-bond donors (Lipinski definition) is 3. The van der Waals surface area contributed by atoms with Gasteiger partial charge in [0.1, 0.15) is 0 Å². The molecule has 4 N–H and O–H groups in total. The van der Waals surface area contributed by atoms with E-state index < -0.39 is 28.0 Å². The van der Waals surface area contributed by atoms with Crippen LogP contribution in [0.5, 0.6) is 0 Å². The van der Waals surface area contributed by atoms with Gasteiger partial charge in [0.25, 0.3) is 0 Å². The van der Waals surface area contributed by atoms with Crippen molar-refractivity contribution in [3.05, 3.63) is 11.4 Å². The average molecular weight is 290 g/mol. The largest absolute Gasteiger partial charge is 0.476 e. The van der Waals surface area contributed by atoms with Crippen molar-refractivity contribution < 1.29 is 23.4 Å². The Morgan fingerprint density at radius 2 is 2.16 bits per heavy atom. The summed E-state index contributed by atoms with van der Waals surface area (Å²) in [6, 6.07) is -0.813. The first kappa shape index (κ1) is 13.9. The molecule has 0 bridgehead atoms. The maximum absolute atomic E-state index is 11.5. The Kier molecular flexibility index (Phi) is 3.56. The van der Waals surface area contributed by atoms with E-state index in [9.17, 15) is 18.3 Å². The van der Waals surface area contributed by atoms with Crippen LogP contribution in [0.4, 0.5) is 0 Å². The van der Waals surface area contributed by atoms with Crippen molar-refractivity contribution in [2.24, 2.45) is 5.73 Å². The fraction of sp³-hybridized carbons (Fsp3) is 0.667. The molecule has 0 spiro atoms. The fourth-order valence-corrected chi connectivity index (χ4v) is 3.92. The lowest BCUT2D eigenvalue weighted by atomic mass is 10.2. The number of aliphatic hydroxyl groups excluding tert-OH is 1. The highest BCUT2D eigenvalue weighted by molar-refractivity contribution is 7.91. The van der Waals surface area contributed by atoms with Gasteiger partial charge in [-0.25, -0.2) is 17.9 Å². The number of aliphatic hydroxyl groups is 1. The van der Waals surface area contributed by atoms with Crippen LogP contribution >= 0.6 is 0 Å². The molecule has 0 saturated carbocycles. The van der Waals surface area contributed by atoms with Gasteiger partial charge < -0.3 is 15.9 Å². The quantitative estimate of drug-likeness (QED) is 0.566. The molecule has 10 heteroatoms. The van der Waals surface area contributed by atoms with E-state index in [1.165, 1.54) is 4.68 Å². The van der Waals surface area contributed by atoms with Crippen molar-refractivity contribution >= 4 is 15.8 Å². The van der Waals surface area contributed by atoms with Crippen LogP contribution in [0.3, 0.4) is 0 Å². The number of aromatic carboxylic acids is 1. The lowest BCUT2D eigenvalue weighted by Gasteiger charge is -2.15. The Balaban J connectivity index is 2.43. The predicted molar refractivity (Wildman–Crippen MR) is 63.4 cm³/mol. The van der Waals surface area contributed by atoms with Gasteiger partial charge in [-0.3, -0.25) is 0 Å². The number of nitrogens with zero attached hydrogens (tertiary/aromatic N) is 3. The van der Waals surface area contributed by atoms with Crippen molar-refractivity contribution in [2.75, 3.05) is 18.1 Å². The van der Waals surface area contributed by atoms with Gasteiger partial charge in [0.05, 0.1) is 29.3 Å². The first-order chi connectivity index (χ1) is 8.85. The molecule has 1 aromatic rings. The van der Waals surface area contributed by atoms with Gasteiger partial charge in [-0.15, -0.1) is 5.10 Å². The summed E-state index contributed by atoms with van der Waals surface area (Å²) >= 11 is 0. The number of carboxylic acids is 1. The molecule has 9 nitrogen and oxygen atoms in total. The molecule has 1 fully saturated rings. The molecule has 2 atom stereocenters. The molecular formula is C9H14N4O5S. The summed E-state index contributed by atoms with van der Waals surface area (Å²) in [7, 11) is -3.35. The molecule has 2 rings (SSSR count). The van der Waals surface area contributed by atoms with Crippen LogP contribution in [0.2, 0.25) is 0 Å².